The monoisotopic (exact) mass is 403 g/mol. The number of esters is 1. The highest BCUT2D eigenvalue weighted by molar-refractivity contribution is 9.10. The number of ether oxygens (including phenoxy) is 1. The fourth-order valence-corrected chi connectivity index (χ4v) is 2.67. The van der Waals surface area contributed by atoms with Gasteiger partial charge in [-0.2, -0.15) is 0 Å². The summed E-state index contributed by atoms with van der Waals surface area (Å²) in [7, 11) is 0. The molecule has 0 bridgehead atoms. The Balaban J connectivity index is 2.07. The number of nitro groups is 1. The van der Waals surface area contributed by atoms with E-state index in [0.29, 0.717) is 21.7 Å². The molecule has 1 unspecified atom stereocenters. The lowest BCUT2D eigenvalue weighted by Crippen LogP contribution is -2.04. The molecule has 0 aromatic heterocycles. The third-order valence-electron chi connectivity index (χ3n) is 3.84. The molecule has 0 N–H and O–H groups in total. The lowest BCUT2D eigenvalue weighted by Gasteiger charge is -2.11. The van der Waals surface area contributed by atoms with Gasteiger partial charge in [-0.1, -0.05) is 32.0 Å². The first-order valence-electron chi connectivity index (χ1n) is 7.84. The number of rotatable bonds is 6. The van der Waals surface area contributed by atoms with E-state index in [2.05, 4.69) is 29.8 Å². The molecule has 6 heteroatoms. The summed E-state index contributed by atoms with van der Waals surface area (Å²) in [6, 6.07) is 11.7. The van der Waals surface area contributed by atoms with Crippen LogP contribution >= 0.6 is 15.9 Å². The molecular weight excluding hydrogens is 386 g/mol. The Labute approximate surface area is 154 Å². The van der Waals surface area contributed by atoms with Crippen LogP contribution < -0.4 is 4.74 Å². The fourth-order valence-electron chi connectivity index (χ4n) is 2.19. The van der Waals surface area contributed by atoms with Gasteiger partial charge in [0, 0.05) is 18.2 Å². The quantitative estimate of drug-likeness (QED) is 0.210. The highest BCUT2D eigenvalue weighted by atomic mass is 79.9. The molecule has 0 aliphatic carbocycles. The second-order valence-electron chi connectivity index (χ2n) is 5.61. The van der Waals surface area contributed by atoms with Gasteiger partial charge in [0.25, 0.3) is 5.69 Å². The van der Waals surface area contributed by atoms with Gasteiger partial charge in [0.2, 0.25) is 0 Å². The van der Waals surface area contributed by atoms with Gasteiger partial charge in [-0.3, -0.25) is 10.1 Å². The molecule has 0 aliphatic rings. The van der Waals surface area contributed by atoms with Crippen LogP contribution in [0.25, 0.3) is 6.08 Å². The van der Waals surface area contributed by atoms with Crippen molar-refractivity contribution in [2.75, 3.05) is 0 Å². The maximum absolute atomic E-state index is 12.0. The summed E-state index contributed by atoms with van der Waals surface area (Å²) in [6.45, 7) is 4.25. The van der Waals surface area contributed by atoms with Crippen molar-refractivity contribution in [1.29, 1.82) is 0 Å². The number of non-ortho nitro benzene ring substituents is 1. The van der Waals surface area contributed by atoms with Crippen LogP contribution in [0.4, 0.5) is 5.69 Å². The smallest absolute Gasteiger partial charge is 0.336 e. The van der Waals surface area contributed by atoms with E-state index in [0.717, 1.165) is 6.42 Å². The Hall–Kier alpha value is -2.47. The first kappa shape index (κ1) is 18.9. The maximum Gasteiger partial charge on any atom is 0.336 e. The summed E-state index contributed by atoms with van der Waals surface area (Å²) >= 11 is 3.42. The summed E-state index contributed by atoms with van der Waals surface area (Å²) in [4.78, 5) is 22.2. The lowest BCUT2D eigenvalue weighted by atomic mass is 9.99. The second kappa shape index (κ2) is 8.58. The molecule has 2 aromatic carbocycles. The predicted octanol–water partition coefficient (Wildman–Crippen LogP) is 5.49. The largest absolute Gasteiger partial charge is 0.422 e. The molecule has 0 aliphatic heterocycles. The topological polar surface area (TPSA) is 69.4 Å². The highest BCUT2D eigenvalue weighted by Gasteiger charge is 2.10. The molecule has 2 rings (SSSR count). The zero-order valence-corrected chi connectivity index (χ0v) is 15.5. The van der Waals surface area contributed by atoms with Crippen molar-refractivity contribution in [2.45, 2.75) is 26.2 Å². The van der Waals surface area contributed by atoms with Crippen molar-refractivity contribution in [2.24, 2.45) is 0 Å². The zero-order valence-electron chi connectivity index (χ0n) is 13.9. The Morgan fingerprint density at radius 2 is 2.08 bits per heavy atom. The first-order chi connectivity index (χ1) is 11.9. The minimum Gasteiger partial charge on any atom is -0.422 e. The molecule has 0 saturated heterocycles. The van der Waals surface area contributed by atoms with E-state index < -0.39 is 10.9 Å². The highest BCUT2D eigenvalue weighted by Crippen LogP contribution is 2.30. The van der Waals surface area contributed by atoms with Crippen molar-refractivity contribution in [3.63, 3.8) is 0 Å². The van der Waals surface area contributed by atoms with Crippen LogP contribution in [0, 0.1) is 10.1 Å². The van der Waals surface area contributed by atoms with E-state index in [9.17, 15) is 14.9 Å². The molecule has 0 spiro atoms. The molecular formula is C19H18BrNO4. The molecule has 0 fully saturated rings. The molecule has 130 valence electrons. The average Bonchev–Trinajstić information content (AvgIpc) is 2.61. The average molecular weight is 404 g/mol. The van der Waals surface area contributed by atoms with E-state index in [1.54, 1.807) is 18.2 Å². The predicted molar refractivity (Wildman–Crippen MR) is 101 cm³/mol. The standard InChI is InChI=1S/C19H18BrNO4/c1-3-13(2)15-8-9-18(17(20)12-15)25-19(22)10-7-14-5-4-6-16(11-14)21(23)24/h4-13H,3H2,1-2H3/b10-7+. The number of benzene rings is 2. The number of carbonyl (C=O) groups excluding carboxylic acids is 1. The van der Waals surface area contributed by atoms with Gasteiger partial charge in [0.05, 0.1) is 9.40 Å². The SMILES string of the molecule is CCC(C)c1ccc(OC(=O)/C=C/c2cccc([N+](=O)[O-])c2)c(Br)c1. The Morgan fingerprint density at radius 3 is 2.72 bits per heavy atom. The molecule has 25 heavy (non-hydrogen) atoms. The van der Waals surface area contributed by atoms with Gasteiger partial charge in [-0.05, 0) is 57.6 Å². The first-order valence-corrected chi connectivity index (χ1v) is 8.63. The molecule has 2 aromatic rings. The summed E-state index contributed by atoms with van der Waals surface area (Å²) in [6.07, 6.45) is 3.75. The van der Waals surface area contributed by atoms with Gasteiger partial charge < -0.3 is 4.74 Å². The Morgan fingerprint density at radius 1 is 1.32 bits per heavy atom. The van der Waals surface area contributed by atoms with E-state index in [1.807, 2.05) is 12.1 Å². The van der Waals surface area contributed by atoms with Crippen molar-refractivity contribution in [3.8, 4) is 5.75 Å². The van der Waals surface area contributed by atoms with E-state index in [1.165, 1.54) is 29.8 Å². The van der Waals surface area contributed by atoms with Gasteiger partial charge in [0.15, 0.2) is 0 Å². The zero-order chi connectivity index (χ0) is 18.4. The van der Waals surface area contributed by atoms with Crippen LogP contribution in [0.15, 0.2) is 53.0 Å². The number of hydrogen-bond donors (Lipinski definition) is 0. The molecule has 0 amide bonds. The number of halogens is 1. The number of carbonyl (C=O) groups is 1. The van der Waals surface area contributed by atoms with E-state index in [-0.39, 0.29) is 5.69 Å². The molecule has 0 heterocycles. The van der Waals surface area contributed by atoms with Crippen molar-refractivity contribution >= 4 is 33.7 Å². The number of nitrogens with zero attached hydrogens (tertiary/aromatic N) is 1. The third kappa shape index (κ3) is 5.26. The van der Waals surface area contributed by atoms with Crippen LogP contribution in [0.2, 0.25) is 0 Å². The normalized spacial score (nSPS) is 12.1. The summed E-state index contributed by atoms with van der Waals surface area (Å²) in [5.41, 5.74) is 1.69. The third-order valence-corrected chi connectivity index (χ3v) is 4.46. The molecule has 5 nitrogen and oxygen atoms in total. The van der Waals surface area contributed by atoms with E-state index in [4.69, 9.17) is 4.74 Å². The van der Waals surface area contributed by atoms with Crippen LogP contribution in [0.5, 0.6) is 5.75 Å². The number of hydrogen-bond acceptors (Lipinski definition) is 4. The minimum absolute atomic E-state index is 0.0288. The van der Waals surface area contributed by atoms with Crippen LogP contribution in [0.3, 0.4) is 0 Å². The maximum atomic E-state index is 12.0. The molecule has 1 atom stereocenters. The molecule has 0 saturated carbocycles. The summed E-state index contributed by atoms with van der Waals surface area (Å²) in [5.74, 6) is 0.305. The summed E-state index contributed by atoms with van der Waals surface area (Å²) < 4.78 is 6.02. The summed E-state index contributed by atoms with van der Waals surface area (Å²) in [5, 5.41) is 10.8. The van der Waals surface area contributed by atoms with E-state index >= 15 is 0 Å². The van der Waals surface area contributed by atoms with Gasteiger partial charge in [-0.15, -0.1) is 0 Å². The minimum atomic E-state index is -0.552. The Kier molecular flexibility index (Phi) is 6.47. The van der Waals surface area contributed by atoms with Gasteiger partial charge in [-0.25, -0.2) is 4.79 Å². The number of nitro benzene ring substituents is 1. The van der Waals surface area contributed by atoms with Crippen molar-refractivity contribution < 1.29 is 14.5 Å². The van der Waals surface area contributed by atoms with Crippen LogP contribution in [-0.4, -0.2) is 10.9 Å². The van der Waals surface area contributed by atoms with Gasteiger partial charge in [0.1, 0.15) is 5.75 Å². The second-order valence-corrected chi connectivity index (χ2v) is 6.46. The van der Waals surface area contributed by atoms with Crippen LogP contribution in [-0.2, 0) is 4.79 Å². The molecule has 0 radical (unpaired) electrons. The van der Waals surface area contributed by atoms with Gasteiger partial charge >= 0.3 is 5.97 Å². The van der Waals surface area contributed by atoms with Crippen molar-refractivity contribution in [1.82, 2.24) is 0 Å². The van der Waals surface area contributed by atoms with Crippen LogP contribution in [0.1, 0.15) is 37.3 Å². The lowest BCUT2D eigenvalue weighted by molar-refractivity contribution is -0.384. The fraction of sp³-hybridized carbons (Fsp3) is 0.211. The van der Waals surface area contributed by atoms with Crippen molar-refractivity contribution in [3.05, 3.63) is 74.3 Å². The Bertz CT molecular complexity index is 817.